The van der Waals surface area contributed by atoms with Crippen LogP contribution in [0.3, 0.4) is 0 Å². The van der Waals surface area contributed by atoms with Crippen LogP contribution in [0.25, 0.3) is 11.3 Å². The van der Waals surface area contributed by atoms with Gasteiger partial charge in [-0.25, -0.2) is 4.68 Å². The summed E-state index contributed by atoms with van der Waals surface area (Å²) in [5, 5.41) is 7.72. The Morgan fingerprint density at radius 2 is 1.80 bits per heavy atom. The summed E-state index contributed by atoms with van der Waals surface area (Å²) in [6, 6.07) is 15.2. The van der Waals surface area contributed by atoms with Crippen LogP contribution >= 0.6 is 0 Å². The minimum atomic E-state index is -0.585. The summed E-state index contributed by atoms with van der Waals surface area (Å²) >= 11 is 0. The number of aromatic nitrogens is 2. The number of primary amides is 1. The maximum atomic E-state index is 12.5. The Morgan fingerprint density at radius 1 is 1.11 bits per heavy atom. The van der Waals surface area contributed by atoms with Crippen LogP contribution < -0.4 is 16.8 Å². The van der Waals surface area contributed by atoms with E-state index >= 15 is 0 Å². The lowest BCUT2D eigenvalue weighted by Crippen LogP contribution is -2.45. The molecule has 0 bridgehead atoms. The Balaban J connectivity index is 1.32. The summed E-state index contributed by atoms with van der Waals surface area (Å²) in [4.78, 5) is 24.8. The monoisotopic (exact) mass is 473 g/mol. The number of nitrogen functional groups attached to an aromatic ring is 1. The Hall–Kier alpha value is -3.65. The fourth-order valence-corrected chi connectivity index (χ4v) is 5.20. The number of hydrogen-bond donors (Lipinski definition) is 3. The third-order valence-electron chi connectivity index (χ3n) is 7.44. The van der Waals surface area contributed by atoms with E-state index in [1.807, 2.05) is 55.5 Å². The Kier molecular flexibility index (Phi) is 6.06. The Labute approximate surface area is 204 Å². The van der Waals surface area contributed by atoms with E-state index in [0.717, 1.165) is 55.6 Å². The van der Waals surface area contributed by atoms with Crippen molar-refractivity contribution in [2.45, 2.75) is 45.2 Å². The number of benzene rings is 2. The van der Waals surface area contributed by atoms with Crippen LogP contribution in [0, 0.1) is 12.3 Å². The summed E-state index contributed by atoms with van der Waals surface area (Å²) in [6.45, 7) is 3.98. The smallest absolute Gasteiger partial charge is 0.254 e. The average molecular weight is 474 g/mol. The van der Waals surface area contributed by atoms with Gasteiger partial charge in [-0.1, -0.05) is 42.5 Å². The molecule has 1 aromatic heterocycles. The van der Waals surface area contributed by atoms with Crippen molar-refractivity contribution in [3.05, 3.63) is 70.8 Å². The molecule has 2 amide bonds. The van der Waals surface area contributed by atoms with Crippen molar-refractivity contribution in [3.63, 3.8) is 0 Å². The van der Waals surface area contributed by atoms with Crippen LogP contribution in [0.5, 0.6) is 0 Å². The number of rotatable bonds is 6. The van der Waals surface area contributed by atoms with Crippen molar-refractivity contribution >= 4 is 17.6 Å². The summed E-state index contributed by atoms with van der Waals surface area (Å²) in [6.07, 6.45) is 4.04. The van der Waals surface area contributed by atoms with Crippen molar-refractivity contribution in [1.82, 2.24) is 15.1 Å². The maximum absolute atomic E-state index is 12.5. The van der Waals surface area contributed by atoms with Gasteiger partial charge in [-0.3, -0.25) is 9.59 Å². The second kappa shape index (κ2) is 9.19. The largest absolute Gasteiger partial charge is 0.383 e. The molecule has 182 valence electrons. The van der Waals surface area contributed by atoms with Gasteiger partial charge in [0.05, 0.1) is 19.3 Å². The van der Waals surface area contributed by atoms with Crippen LogP contribution in [-0.2, 0) is 11.3 Å². The predicted molar refractivity (Wildman–Crippen MR) is 134 cm³/mol. The molecule has 8 heteroatoms. The van der Waals surface area contributed by atoms with E-state index in [9.17, 15) is 9.59 Å². The number of carbonyl (C=O) groups excluding carboxylic acids is 2. The highest BCUT2D eigenvalue weighted by Gasteiger charge is 2.42. The van der Waals surface area contributed by atoms with Gasteiger partial charge in [0, 0.05) is 23.1 Å². The summed E-state index contributed by atoms with van der Waals surface area (Å²) in [5.41, 5.74) is 16.5. The molecular formula is C27H31N5O3. The van der Waals surface area contributed by atoms with E-state index in [-0.39, 0.29) is 17.5 Å². The first-order chi connectivity index (χ1) is 16.9. The van der Waals surface area contributed by atoms with Gasteiger partial charge in [0.25, 0.3) is 11.8 Å². The fourth-order valence-electron chi connectivity index (χ4n) is 5.20. The molecule has 2 heterocycles. The van der Waals surface area contributed by atoms with Gasteiger partial charge in [0.15, 0.2) is 0 Å². The van der Waals surface area contributed by atoms with Gasteiger partial charge in [-0.2, -0.15) is 5.10 Å². The number of carbonyl (C=O) groups is 2. The molecule has 1 aliphatic heterocycles. The second-order valence-electron chi connectivity index (χ2n) is 9.84. The van der Waals surface area contributed by atoms with Gasteiger partial charge in [-0.15, -0.1) is 0 Å². The quantitative estimate of drug-likeness (QED) is 0.504. The van der Waals surface area contributed by atoms with Crippen molar-refractivity contribution in [3.8, 4) is 11.3 Å². The zero-order valence-electron chi connectivity index (χ0n) is 19.9. The Bertz CT molecular complexity index is 1250. The van der Waals surface area contributed by atoms with Crippen LogP contribution in [0.15, 0.2) is 48.5 Å². The van der Waals surface area contributed by atoms with E-state index < -0.39 is 5.91 Å². The third-order valence-corrected chi connectivity index (χ3v) is 7.44. The van der Waals surface area contributed by atoms with Crippen LogP contribution in [0.4, 0.5) is 5.82 Å². The van der Waals surface area contributed by atoms with Crippen molar-refractivity contribution in [1.29, 1.82) is 0 Å². The molecule has 5 rings (SSSR count). The van der Waals surface area contributed by atoms with Gasteiger partial charge in [-0.05, 0) is 49.8 Å². The molecule has 35 heavy (non-hydrogen) atoms. The fraction of sp³-hybridized carbons (Fsp3) is 0.370. The highest BCUT2D eigenvalue weighted by Crippen LogP contribution is 2.46. The molecule has 1 saturated heterocycles. The number of nitrogens with one attached hydrogen (secondary N) is 1. The standard InChI is InChI=1S/C27H31N5O3/c1-17-4-2-3-5-21(17)26(34)30-14-18-6-8-19(9-7-18)23-22(25(29)33)24(28)32(31-23)20-10-12-27(13-11-20)15-35-16-27/h2-9,20H,10-16,28H2,1H3,(H2,29,33)(H,30,34). The van der Waals surface area contributed by atoms with Gasteiger partial charge >= 0.3 is 0 Å². The van der Waals surface area contributed by atoms with E-state index in [1.165, 1.54) is 0 Å². The second-order valence-corrected chi connectivity index (χ2v) is 9.84. The first kappa shape index (κ1) is 23.1. The minimum absolute atomic E-state index is 0.113. The number of anilines is 1. The summed E-state index contributed by atoms with van der Waals surface area (Å²) < 4.78 is 7.22. The van der Waals surface area contributed by atoms with E-state index in [2.05, 4.69) is 5.32 Å². The Morgan fingerprint density at radius 3 is 2.40 bits per heavy atom. The molecule has 0 atom stereocenters. The molecule has 1 spiro atoms. The lowest BCUT2D eigenvalue weighted by molar-refractivity contribution is -0.135. The normalized spacial score (nSPS) is 17.2. The molecule has 5 N–H and O–H groups in total. The highest BCUT2D eigenvalue weighted by molar-refractivity contribution is 6.03. The first-order valence-corrected chi connectivity index (χ1v) is 12.1. The number of nitrogens with zero attached hydrogens (tertiary/aromatic N) is 2. The summed E-state index contributed by atoms with van der Waals surface area (Å²) in [5.74, 6) is -0.372. The highest BCUT2D eigenvalue weighted by atomic mass is 16.5. The van der Waals surface area contributed by atoms with Crippen LogP contribution in [0.2, 0.25) is 0 Å². The number of amides is 2. The van der Waals surface area contributed by atoms with E-state index in [1.54, 1.807) is 4.68 Å². The third kappa shape index (κ3) is 4.41. The van der Waals surface area contributed by atoms with E-state index in [4.69, 9.17) is 21.3 Å². The minimum Gasteiger partial charge on any atom is -0.383 e. The molecule has 2 aliphatic rings. The molecule has 2 fully saturated rings. The molecular weight excluding hydrogens is 442 g/mol. The van der Waals surface area contributed by atoms with E-state index in [0.29, 0.717) is 29.0 Å². The van der Waals surface area contributed by atoms with Crippen molar-refractivity contribution < 1.29 is 14.3 Å². The zero-order chi connectivity index (χ0) is 24.6. The van der Waals surface area contributed by atoms with Crippen molar-refractivity contribution in [2.75, 3.05) is 18.9 Å². The number of hydrogen-bond acceptors (Lipinski definition) is 5. The predicted octanol–water partition coefficient (Wildman–Crippen LogP) is 3.60. The first-order valence-electron chi connectivity index (χ1n) is 12.1. The molecule has 8 nitrogen and oxygen atoms in total. The lowest BCUT2D eigenvalue weighted by Gasteiger charge is -2.46. The zero-order valence-corrected chi connectivity index (χ0v) is 19.9. The van der Waals surface area contributed by atoms with Crippen LogP contribution in [-0.4, -0.2) is 34.8 Å². The summed E-state index contributed by atoms with van der Waals surface area (Å²) in [7, 11) is 0. The number of nitrogens with two attached hydrogens (primary N) is 2. The number of aryl methyl sites for hydroxylation is 1. The molecule has 0 unspecified atom stereocenters. The van der Waals surface area contributed by atoms with Gasteiger partial charge < -0.3 is 21.5 Å². The topological polar surface area (TPSA) is 125 Å². The SMILES string of the molecule is Cc1ccccc1C(=O)NCc1ccc(-c2nn(C3CCC4(CC3)COC4)c(N)c2C(N)=O)cc1. The molecule has 1 aliphatic carbocycles. The lowest BCUT2D eigenvalue weighted by atomic mass is 9.71. The average Bonchev–Trinajstić information content (AvgIpc) is 3.19. The van der Waals surface area contributed by atoms with Crippen LogP contribution in [0.1, 0.15) is 63.6 Å². The van der Waals surface area contributed by atoms with Gasteiger partial charge in [0.2, 0.25) is 0 Å². The molecule has 1 saturated carbocycles. The maximum Gasteiger partial charge on any atom is 0.254 e. The van der Waals surface area contributed by atoms with Gasteiger partial charge in [0.1, 0.15) is 17.1 Å². The molecule has 2 aromatic carbocycles. The van der Waals surface area contributed by atoms with Crippen molar-refractivity contribution in [2.24, 2.45) is 11.1 Å². The number of ether oxygens (including phenoxy) is 1. The molecule has 3 aromatic rings. The molecule has 0 radical (unpaired) electrons.